The molecule has 8 bridgehead atoms. The third-order valence-corrected chi connectivity index (χ3v) is 15.9. The van der Waals surface area contributed by atoms with E-state index in [1.807, 2.05) is 27.7 Å². The number of amides is 2. The van der Waals surface area contributed by atoms with E-state index in [1.54, 1.807) is 42.8 Å². The van der Waals surface area contributed by atoms with Gasteiger partial charge in [0.25, 0.3) is 12.3 Å². The molecule has 72 heavy (non-hydrogen) atoms. The number of fused-ring (bicyclic) bond motifs is 4. The summed E-state index contributed by atoms with van der Waals surface area (Å²) in [6.07, 6.45) is -4.96. The number of nitrogens with one attached hydrogen (secondary N) is 2. The van der Waals surface area contributed by atoms with E-state index in [-0.39, 0.29) is 53.2 Å². The van der Waals surface area contributed by atoms with Crippen LogP contribution in [-0.2, 0) is 46.3 Å². The SMILES string of the molecule is CO[C@@H](C)c1ncc(C#C[C@@H](C)N2CCOCC2)cc1-c1c2c3cc(ccc3n1CC(F)(F)F)-c1csc(n1)[C@@H](OCC(F)F)[C@H](NC(=O)[C@@H]1CCC[C@H]1C)C(=O)N1N[C@H](C(=O)OCC(C)(C)C2)C2CC1C2. The number of morpholine rings is 1. The Hall–Kier alpha value is -5.04. The molecular formula is C52H62F5N7O7S. The second-order valence-electron chi connectivity index (χ2n) is 20.8. The topological polar surface area (TPSA) is 149 Å². The van der Waals surface area contributed by atoms with Crippen molar-refractivity contribution in [2.24, 2.45) is 23.2 Å². The van der Waals surface area contributed by atoms with Crippen LogP contribution >= 0.6 is 11.3 Å². The van der Waals surface area contributed by atoms with Gasteiger partial charge in [-0.3, -0.25) is 29.3 Å². The Kier molecular flexibility index (Phi) is 15.2. The summed E-state index contributed by atoms with van der Waals surface area (Å²) in [5.74, 6) is 4.21. The van der Waals surface area contributed by atoms with Crippen molar-refractivity contribution in [1.82, 2.24) is 35.2 Å². The van der Waals surface area contributed by atoms with E-state index in [0.717, 1.165) is 24.2 Å². The first-order chi connectivity index (χ1) is 34.3. The van der Waals surface area contributed by atoms with Gasteiger partial charge < -0.3 is 28.8 Å². The second-order valence-corrected chi connectivity index (χ2v) is 21.6. The lowest BCUT2D eigenvalue weighted by Crippen LogP contribution is -2.72. The number of hydrogen-bond acceptors (Lipinski definition) is 12. The van der Waals surface area contributed by atoms with Gasteiger partial charge in [-0.15, -0.1) is 11.3 Å². The highest BCUT2D eigenvalue weighted by molar-refractivity contribution is 7.10. The van der Waals surface area contributed by atoms with Gasteiger partial charge in [-0.05, 0) is 81.5 Å². The molecule has 2 saturated carbocycles. The van der Waals surface area contributed by atoms with E-state index in [9.17, 15) is 23.2 Å². The van der Waals surface area contributed by atoms with Crippen LogP contribution in [0.5, 0.6) is 0 Å². The van der Waals surface area contributed by atoms with Gasteiger partial charge >= 0.3 is 12.1 Å². The quantitative estimate of drug-likeness (QED) is 0.0904. The van der Waals surface area contributed by atoms with Crippen LogP contribution in [0.2, 0.25) is 0 Å². The van der Waals surface area contributed by atoms with Crippen LogP contribution in [0.1, 0.15) is 101 Å². The number of rotatable bonds is 10. The number of thiazole rings is 1. The third kappa shape index (κ3) is 10.9. The number of carbonyl (C=O) groups excluding carboxylic acids is 3. The molecule has 1 aromatic carbocycles. The maximum atomic E-state index is 15.1. The summed E-state index contributed by atoms with van der Waals surface area (Å²) in [7, 11) is 1.50. The molecule has 7 heterocycles. The number of nitrogens with zero attached hydrogens (tertiary/aromatic N) is 5. The van der Waals surface area contributed by atoms with Gasteiger partial charge in [0.1, 0.15) is 36.3 Å². The molecule has 4 aliphatic heterocycles. The summed E-state index contributed by atoms with van der Waals surface area (Å²) < 4.78 is 98.0. The van der Waals surface area contributed by atoms with E-state index < -0.39 is 79.2 Å². The first-order valence-corrected chi connectivity index (χ1v) is 25.7. The average molecular weight is 1020 g/mol. The van der Waals surface area contributed by atoms with Crippen LogP contribution in [0.3, 0.4) is 0 Å². The number of aromatic nitrogens is 3. The molecule has 2 amide bonds. The number of halogens is 5. The fraction of sp³-hybridized carbons (Fsp3) is 0.596. The average Bonchev–Trinajstić information content (AvgIpc) is 4.08. The van der Waals surface area contributed by atoms with E-state index in [4.69, 9.17) is 28.9 Å². The number of cyclic esters (lactones) is 1. The number of benzene rings is 1. The van der Waals surface area contributed by atoms with Gasteiger partial charge in [-0.25, -0.2) is 19.2 Å². The molecule has 2 N–H and O–H groups in total. The molecule has 0 radical (unpaired) electrons. The summed E-state index contributed by atoms with van der Waals surface area (Å²) >= 11 is 1.04. The molecule has 2 aliphatic carbocycles. The van der Waals surface area contributed by atoms with E-state index in [2.05, 4.69) is 27.5 Å². The number of hydrazine groups is 1. The summed E-state index contributed by atoms with van der Waals surface area (Å²) in [5, 5.41) is 6.46. The van der Waals surface area contributed by atoms with Crippen LogP contribution in [0.4, 0.5) is 22.0 Å². The lowest BCUT2D eigenvalue weighted by molar-refractivity contribution is -0.173. The molecule has 3 aromatic heterocycles. The minimum absolute atomic E-state index is 0.0136. The fourth-order valence-corrected chi connectivity index (χ4v) is 11.8. The number of pyridine rings is 1. The molecule has 14 nitrogen and oxygen atoms in total. The Morgan fingerprint density at radius 2 is 1.88 bits per heavy atom. The first kappa shape index (κ1) is 51.8. The highest BCUT2D eigenvalue weighted by Gasteiger charge is 2.53. The second kappa shape index (κ2) is 21.1. The van der Waals surface area contributed by atoms with Crippen molar-refractivity contribution >= 4 is 40.0 Å². The summed E-state index contributed by atoms with van der Waals surface area (Å²) in [4.78, 5) is 55.1. The van der Waals surface area contributed by atoms with Gasteiger partial charge in [0, 0.05) is 76.7 Å². The fourth-order valence-electron chi connectivity index (χ4n) is 10.9. The minimum Gasteiger partial charge on any atom is -0.464 e. The van der Waals surface area contributed by atoms with Crippen LogP contribution in [0.15, 0.2) is 35.8 Å². The van der Waals surface area contributed by atoms with Crippen molar-refractivity contribution in [3.05, 3.63) is 57.7 Å². The number of ether oxygens (including phenoxy) is 4. The van der Waals surface area contributed by atoms with E-state index in [0.29, 0.717) is 84.6 Å². The van der Waals surface area contributed by atoms with E-state index >= 15 is 13.2 Å². The zero-order valence-corrected chi connectivity index (χ0v) is 42.1. The standard InChI is InChI=1S/C52H62F5N7O7S/c1-28-8-7-9-35(28)47(65)60-44-46(70-24-41(53)54)48-59-39(25-72-48)32-12-13-40-36(21-32)38(22-51(4,5)27-71-50(67)43-33-19-34(20-33)64(61-43)49(44)66)45(63(40)26-52(55,56)57)37-18-31(23-58-42(37)30(3)68-6)11-10-29(2)62-14-16-69-17-15-62/h12-13,18,21,23,25,28-30,33-35,41,43-44,46,61H,7-9,14-17,19-20,22,24,26-27H2,1-6H3,(H,60,65)/t28-,29-,30+,33?,34?,35-,43+,44+,46+/m1/s1. The van der Waals surface area contributed by atoms with Crippen LogP contribution in [0, 0.1) is 35.0 Å². The Labute approximate surface area is 419 Å². The maximum Gasteiger partial charge on any atom is 0.406 e. The number of alkyl halides is 5. The number of hydrogen-bond donors (Lipinski definition) is 2. The Morgan fingerprint density at radius 1 is 1.11 bits per heavy atom. The largest absolute Gasteiger partial charge is 0.464 e. The molecule has 3 saturated heterocycles. The molecular weight excluding hydrogens is 962 g/mol. The minimum atomic E-state index is -4.68. The summed E-state index contributed by atoms with van der Waals surface area (Å²) in [6.45, 7) is 9.46. The zero-order chi connectivity index (χ0) is 51.2. The highest BCUT2D eigenvalue weighted by Crippen LogP contribution is 2.45. The molecule has 5 fully saturated rings. The first-order valence-electron chi connectivity index (χ1n) is 24.8. The van der Waals surface area contributed by atoms with Crippen molar-refractivity contribution in [1.29, 1.82) is 0 Å². The number of methoxy groups -OCH3 is 1. The van der Waals surface area contributed by atoms with Crippen LogP contribution < -0.4 is 10.7 Å². The van der Waals surface area contributed by atoms with Crippen molar-refractivity contribution in [2.45, 2.75) is 129 Å². The van der Waals surface area contributed by atoms with Crippen molar-refractivity contribution in [2.75, 3.05) is 46.6 Å². The van der Waals surface area contributed by atoms with Gasteiger partial charge in [-0.2, -0.15) is 13.2 Å². The lowest BCUT2D eigenvalue weighted by atomic mass is 9.73. The molecule has 388 valence electrons. The number of esters is 1. The van der Waals surface area contributed by atoms with Crippen molar-refractivity contribution < 1.29 is 55.3 Å². The van der Waals surface area contributed by atoms with Gasteiger partial charge in [0.05, 0.1) is 49.0 Å². The van der Waals surface area contributed by atoms with Crippen LogP contribution in [-0.4, -0.2) is 126 Å². The molecule has 0 spiro atoms. The smallest absolute Gasteiger partial charge is 0.406 e. The predicted molar refractivity (Wildman–Crippen MR) is 258 cm³/mol. The Bertz CT molecular complexity index is 2720. The molecule has 6 aliphatic rings. The number of carbonyl (C=O) groups is 3. The maximum absolute atomic E-state index is 15.1. The highest BCUT2D eigenvalue weighted by atomic mass is 32.1. The van der Waals surface area contributed by atoms with Gasteiger partial charge in [0.2, 0.25) is 5.91 Å². The zero-order valence-electron chi connectivity index (χ0n) is 41.3. The Balaban J connectivity index is 1.22. The van der Waals surface area contributed by atoms with Crippen molar-refractivity contribution in [3.63, 3.8) is 0 Å². The normalized spacial score (nSPS) is 26.6. The monoisotopic (exact) mass is 1020 g/mol. The molecule has 0 unspecified atom stereocenters. The molecule has 10 rings (SSSR count). The van der Waals surface area contributed by atoms with Crippen molar-refractivity contribution in [3.8, 4) is 34.4 Å². The van der Waals surface area contributed by atoms with Gasteiger partial charge in [-0.1, -0.05) is 45.1 Å². The van der Waals surface area contributed by atoms with Gasteiger partial charge in [0.15, 0.2) is 0 Å². The van der Waals surface area contributed by atoms with E-state index in [1.165, 1.54) is 16.7 Å². The Morgan fingerprint density at radius 3 is 2.57 bits per heavy atom. The lowest BCUT2D eigenvalue weighted by Gasteiger charge is -2.53. The third-order valence-electron chi connectivity index (χ3n) is 15.0. The van der Waals surface area contributed by atoms with Crippen LogP contribution in [0.25, 0.3) is 33.4 Å². The molecule has 4 aromatic rings. The predicted octanol–water partition coefficient (Wildman–Crippen LogP) is 8.03. The molecule has 7 atom stereocenters. The summed E-state index contributed by atoms with van der Waals surface area (Å²) in [6, 6.07) is 3.75. The summed E-state index contributed by atoms with van der Waals surface area (Å²) in [5.41, 5.74) is 5.28. The molecule has 20 heteroatoms.